The summed E-state index contributed by atoms with van der Waals surface area (Å²) in [6.45, 7) is 12.4. The summed E-state index contributed by atoms with van der Waals surface area (Å²) in [5, 5.41) is 0. The van der Waals surface area contributed by atoms with Gasteiger partial charge in [0.1, 0.15) is 0 Å². The fourth-order valence-electron chi connectivity index (χ4n) is 0.584. The van der Waals surface area contributed by atoms with Crippen LogP contribution in [0.15, 0.2) is 12.7 Å². The summed E-state index contributed by atoms with van der Waals surface area (Å²) >= 11 is 0. The van der Waals surface area contributed by atoms with Gasteiger partial charge in [-0.05, 0) is 12.3 Å². The number of hydrogen-bond donors (Lipinski definition) is 0. The Hall–Kier alpha value is -0.790. The van der Waals surface area contributed by atoms with Gasteiger partial charge < -0.3 is 4.74 Å². The van der Waals surface area contributed by atoms with Crippen LogP contribution < -0.4 is 0 Å². The Labute approximate surface area is 88.3 Å². The van der Waals surface area contributed by atoms with Gasteiger partial charge in [0.15, 0.2) is 0 Å². The van der Waals surface area contributed by atoms with Crippen LogP contribution >= 0.6 is 0 Å². The molecule has 0 saturated carbocycles. The Morgan fingerprint density at radius 2 is 1.86 bits per heavy atom. The summed E-state index contributed by atoms with van der Waals surface area (Å²) in [6.07, 6.45) is 4.40. The summed E-state index contributed by atoms with van der Waals surface area (Å²) in [6, 6.07) is 0. The molecule has 0 spiro atoms. The summed E-state index contributed by atoms with van der Waals surface area (Å²) in [5.41, 5.74) is 0. The normalized spacial score (nSPS) is 8.93. The highest BCUT2D eigenvalue weighted by molar-refractivity contribution is 5.81. The predicted octanol–water partition coefficient (Wildman–Crippen LogP) is 3.57. The van der Waals surface area contributed by atoms with Gasteiger partial charge in [0, 0.05) is 6.08 Å². The highest BCUT2D eigenvalue weighted by Crippen LogP contribution is 1.94. The molecule has 0 atom stereocenters. The third-order valence-electron chi connectivity index (χ3n) is 1.16. The van der Waals surface area contributed by atoms with Crippen molar-refractivity contribution in [1.29, 1.82) is 0 Å². The lowest BCUT2D eigenvalue weighted by Gasteiger charge is -1.98. The summed E-state index contributed by atoms with van der Waals surface area (Å²) in [5.74, 6) is 0.510. The van der Waals surface area contributed by atoms with E-state index >= 15 is 0 Å². The first kappa shape index (κ1) is 15.7. The molecule has 0 saturated heterocycles. The minimum atomic E-state index is -0.323. The lowest BCUT2D eigenvalue weighted by atomic mass is 10.3. The highest BCUT2D eigenvalue weighted by Gasteiger charge is 1.92. The molecule has 0 aliphatic carbocycles. The monoisotopic (exact) mass is 200 g/mol. The molecule has 0 fully saturated rings. The second-order valence-corrected chi connectivity index (χ2v) is 3.81. The Kier molecular flexibility index (Phi) is 13.7. The van der Waals surface area contributed by atoms with Crippen LogP contribution in [0.3, 0.4) is 0 Å². The average molecular weight is 200 g/mol. The van der Waals surface area contributed by atoms with Crippen molar-refractivity contribution in [2.75, 3.05) is 6.61 Å². The van der Waals surface area contributed by atoms with E-state index in [0.29, 0.717) is 6.61 Å². The maximum Gasteiger partial charge on any atom is 0.330 e. The molecule has 2 nitrogen and oxygen atoms in total. The average Bonchev–Trinajstić information content (AvgIpc) is 2.11. The van der Waals surface area contributed by atoms with E-state index in [9.17, 15) is 4.79 Å². The van der Waals surface area contributed by atoms with Gasteiger partial charge in [-0.25, -0.2) is 4.79 Å². The van der Waals surface area contributed by atoms with E-state index < -0.39 is 0 Å². The first-order chi connectivity index (χ1) is 6.54. The van der Waals surface area contributed by atoms with Crippen molar-refractivity contribution in [3.8, 4) is 0 Å². The van der Waals surface area contributed by atoms with Gasteiger partial charge in [-0.15, -0.1) is 0 Å². The fraction of sp³-hybridized carbons (Fsp3) is 0.750. The molecule has 14 heavy (non-hydrogen) atoms. The van der Waals surface area contributed by atoms with Crippen molar-refractivity contribution >= 4 is 5.97 Å². The molecule has 0 heterocycles. The molecule has 2 heteroatoms. The van der Waals surface area contributed by atoms with E-state index in [1.54, 1.807) is 0 Å². The summed E-state index contributed by atoms with van der Waals surface area (Å²) in [4.78, 5) is 10.4. The lowest BCUT2D eigenvalue weighted by Crippen LogP contribution is -2.01. The van der Waals surface area contributed by atoms with Crippen LogP contribution in [0, 0.1) is 5.92 Å². The third-order valence-corrected chi connectivity index (χ3v) is 1.16. The minimum Gasteiger partial charge on any atom is -0.463 e. The van der Waals surface area contributed by atoms with Crippen LogP contribution in [0.25, 0.3) is 0 Å². The summed E-state index contributed by atoms with van der Waals surface area (Å²) in [7, 11) is 0. The molecule has 0 aliphatic heterocycles. The van der Waals surface area contributed by atoms with E-state index in [0.717, 1.165) is 25.2 Å². The topological polar surface area (TPSA) is 26.3 Å². The maximum atomic E-state index is 10.4. The van der Waals surface area contributed by atoms with Crippen LogP contribution in [0.2, 0.25) is 0 Å². The second-order valence-electron chi connectivity index (χ2n) is 3.81. The molecule has 0 bridgehead atoms. The zero-order chi connectivity index (χ0) is 11.4. The molecule has 0 rings (SSSR count). The van der Waals surface area contributed by atoms with Crippen molar-refractivity contribution in [1.82, 2.24) is 0 Å². The van der Waals surface area contributed by atoms with Crippen LogP contribution in [0.1, 0.15) is 47.0 Å². The number of ether oxygens (including phenoxy) is 1. The number of carbonyl (C=O) groups is 1. The molecule has 0 radical (unpaired) electrons. The second kappa shape index (κ2) is 12.2. The largest absolute Gasteiger partial charge is 0.463 e. The molecule has 0 unspecified atom stereocenters. The first-order valence-electron chi connectivity index (χ1n) is 5.33. The van der Waals surface area contributed by atoms with Crippen LogP contribution in [-0.2, 0) is 9.53 Å². The van der Waals surface area contributed by atoms with E-state index in [4.69, 9.17) is 4.74 Å². The molecule has 0 aromatic heterocycles. The van der Waals surface area contributed by atoms with Gasteiger partial charge in [0.05, 0.1) is 6.61 Å². The van der Waals surface area contributed by atoms with Gasteiger partial charge in [0.25, 0.3) is 0 Å². The number of unbranched alkanes of at least 4 members (excludes halogenated alkanes) is 2. The molecular formula is C12H24O2. The van der Waals surface area contributed by atoms with Gasteiger partial charge in [-0.3, -0.25) is 0 Å². The van der Waals surface area contributed by atoms with Crippen LogP contribution in [0.5, 0.6) is 0 Å². The zero-order valence-electron chi connectivity index (χ0n) is 10.0. The van der Waals surface area contributed by atoms with Gasteiger partial charge in [-0.1, -0.05) is 47.1 Å². The van der Waals surface area contributed by atoms with Crippen molar-refractivity contribution in [2.24, 2.45) is 5.92 Å². The Bertz CT molecular complexity index is 137. The van der Waals surface area contributed by atoms with Gasteiger partial charge >= 0.3 is 5.97 Å². The van der Waals surface area contributed by atoms with Crippen molar-refractivity contribution in [3.63, 3.8) is 0 Å². The van der Waals surface area contributed by atoms with E-state index in [2.05, 4.69) is 34.3 Å². The number of rotatable bonds is 5. The van der Waals surface area contributed by atoms with Crippen molar-refractivity contribution in [2.45, 2.75) is 47.0 Å². The van der Waals surface area contributed by atoms with Gasteiger partial charge in [0.2, 0.25) is 0 Å². The zero-order valence-corrected chi connectivity index (χ0v) is 10.0. The van der Waals surface area contributed by atoms with E-state index in [1.807, 2.05) is 0 Å². The predicted molar refractivity (Wildman–Crippen MR) is 61.2 cm³/mol. The molecule has 0 aromatic carbocycles. The lowest BCUT2D eigenvalue weighted by molar-refractivity contribution is -0.137. The number of esters is 1. The standard InChI is InChI=1S/C8H14O2.C4H10/c1-3-5-6-7-10-8(9)4-2;1-4(2)3/h4H,2-3,5-7H2,1H3;4H,1-3H3. The quantitative estimate of drug-likeness (QED) is 0.385. The SMILES string of the molecule is C=CC(=O)OCCCCC.CC(C)C. The Morgan fingerprint density at radius 1 is 1.36 bits per heavy atom. The van der Waals surface area contributed by atoms with Crippen LogP contribution in [-0.4, -0.2) is 12.6 Å². The maximum absolute atomic E-state index is 10.4. The highest BCUT2D eigenvalue weighted by atomic mass is 16.5. The van der Waals surface area contributed by atoms with Crippen LogP contribution in [0.4, 0.5) is 0 Å². The number of hydrogen-bond acceptors (Lipinski definition) is 2. The van der Waals surface area contributed by atoms with E-state index in [1.165, 1.54) is 6.08 Å². The Morgan fingerprint density at radius 3 is 2.21 bits per heavy atom. The molecule has 0 aromatic rings. The molecule has 0 amide bonds. The fourth-order valence-corrected chi connectivity index (χ4v) is 0.584. The third kappa shape index (κ3) is 22.5. The smallest absolute Gasteiger partial charge is 0.330 e. The van der Waals surface area contributed by atoms with Crippen molar-refractivity contribution < 1.29 is 9.53 Å². The minimum absolute atomic E-state index is 0.323. The molecule has 0 aliphatic rings. The summed E-state index contributed by atoms with van der Waals surface area (Å²) < 4.78 is 4.74. The molecule has 84 valence electrons. The molecule has 0 N–H and O–H groups in total. The molecular weight excluding hydrogens is 176 g/mol. The first-order valence-corrected chi connectivity index (χ1v) is 5.33. The number of carbonyl (C=O) groups excluding carboxylic acids is 1. The van der Waals surface area contributed by atoms with Gasteiger partial charge in [-0.2, -0.15) is 0 Å². The Balaban J connectivity index is 0. The van der Waals surface area contributed by atoms with E-state index in [-0.39, 0.29) is 5.97 Å². The van der Waals surface area contributed by atoms with Crippen molar-refractivity contribution in [3.05, 3.63) is 12.7 Å².